The topological polar surface area (TPSA) is 46.9 Å². The SMILES string of the molecule is O=c1cnn(CCC2CCNCC2)c2ccccc12. The summed E-state index contributed by atoms with van der Waals surface area (Å²) in [5.41, 5.74) is 0.956. The summed E-state index contributed by atoms with van der Waals surface area (Å²) >= 11 is 0. The number of para-hydroxylation sites is 1. The zero-order chi connectivity index (χ0) is 13.1. The first-order valence-corrected chi connectivity index (χ1v) is 7.00. The van der Waals surface area contributed by atoms with Gasteiger partial charge in [0.15, 0.2) is 0 Å². The molecule has 1 saturated heterocycles. The third-order valence-corrected chi connectivity index (χ3v) is 3.97. The van der Waals surface area contributed by atoms with Crippen molar-refractivity contribution in [3.05, 3.63) is 40.7 Å². The lowest BCUT2D eigenvalue weighted by molar-refractivity contribution is 0.333. The standard InChI is InChI=1S/C15H19N3O/c19-15-11-17-18(14-4-2-1-3-13(14)15)10-7-12-5-8-16-9-6-12/h1-4,11-12,16H,5-10H2. The van der Waals surface area contributed by atoms with Crippen molar-refractivity contribution in [1.29, 1.82) is 0 Å². The van der Waals surface area contributed by atoms with Crippen LogP contribution in [0.4, 0.5) is 0 Å². The predicted molar refractivity (Wildman–Crippen MR) is 76.2 cm³/mol. The molecule has 0 saturated carbocycles. The Kier molecular flexibility index (Phi) is 3.60. The highest BCUT2D eigenvalue weighted by Crippen LogP contribution is 2.17. The predicted octanol–water partition coefficient (Wildman–Crippen LogP) is 1.79. The van der Waals surface area contributed by atoms with Crippen LogP contribution in [0.1, 0.15) is 19.3 Å². The number of aryl methyl sites for hydroxylation is 1. The summed E-state index contributed by atoms with van der Waals surface area (Å²) in [6.45, 7) is 3.15. The van der Waals surface area contributed by atoms with Gasteiger partial charge in [-0.25, -0.2) is 0 Å². The van der Waals surface area contributed by atoms with Crippen LogP contribution < -0.4 is 10.7 Å². The van der Waals surface area contributed by atoms with E-state index in [4.69, 9.17) is 0 Å². The minimum atomic E-state index is 0.00807. The largest absolute Gasteiger partial charge is 0.317 e. The van der Waals surface area contributed by atoms with Crippen LogP contribution in [0.25, 0.3) is 10.9 Å². The molecule has 0 aliphatic carbocycles. The van der Waals surface area contributed by atoms with E-state index in [0.29, 0.717) is 0 Å². The number of nitrogens with zero attached hydrogens (tertiary/aromatic N) is 2. The lowest BCUT2D eigenvalue weighted by Gasteiger charge is -2.22. The first-order valence-electron chi connectivity index (χ1n) is 7.00. The first kappa shape index (κ1) is 12.4. The smallest absolute Gasteiger partial charge is 0.207 e. The fraction of sp³-hybridized carbons (Fsp3) is 0.467. The summed E-state index contributed by atoms with van der Waals surface area (Å²) in [5.74, 6) is 0.779. The van der Waals surface area contributed by atoms with Crippen molar-refractivity contribution >= 4 is 10.9 Å². The van der Waals surface area contributed by atoms with E-state index in [0.717, 1.165) is 42.9 Å². The van der Waals surface area contributed by atoms with Crippen molar-refractivity contribution in [3.8, 4) is 0 Å². The Morgan fingerprint density at radius 1 is 1.26 bits per heavy atom. The quantitative estimate of drug-likeness (QED) is 0.912. The Balaban J connectivity index is 1.81. The molecule has 1 aliphatic rings. The summed E-state index contributed by atoms with van der Waals surface area (Å²) in [6.07, 6.45) is 5.07. The number of piperidine rings is 1. The fourth-order valence-electron chi connectivity index (χ4n) is 2.81. The molecule has 1 fully saturated rings. The van der Waals surface area contributed by atoms with E-state index in [1.807, 2.05) is 28.9 Å². The normalized spacial score (nSPS) is 16.8. The second-order valence-electron chi connectivity index (χ2n) is 5.23. The van der Waals surface area contributed by atoms with Crippen LogP contribution in [-0.4, -0.2) is 22.9 Å². The van der Waals surface area contributed by atoms with E-state index in [2.05, 4.69) is 10.4 Å². The van der Waals surface area contributed by atoms with Crippen molar-refractivity contribution in [2.75, 3.05) is 13.1 Å². The molecule has 1 aromatic carbocycles. The number of fused-ring (bicyclic) bond motifs is 1. The maximum Gasteiger partial charge on any atom is 0.207 e. The maximum atomic E-state index is 11.8. The average Bonchev–Trinajstić information content (AvgIpc) is 2.48. The van der Waals surface area contributed by atoms with Crippen LogP contribution in [0.5, 0.6) is 0 Å². The van der Waals surface area contributed by atoms with Gasteiger partial charge in [-0.2, -0.15) is 5.10 Å². The van der Waals surface area contributed by atoms with Crippen LogP contribution in [0.3, 0.4) is 0 Å². The van der Waals surface area contributed by atoms with E-state index in [9.17, 15) is 4.79 Å². The van der Waals surface area contributed by atoms with Crippen LogP contribution >= 0.6 is 0 Å². The fourth-order valence-corrected chi connectivity index (χ4v) is 2.81. The van der Waals surface area contributed by atoms with Gasteiger partial charge in [0.05, 0.1) is 11.7 Å². The van der Waals surface area contributed by atoms with Crippen LogP contribution in [-0.2, 0) is 6.54 Å². The summed E-state index contributed by atoms with van der Waals surface area (Å²) in [4.78, 5) is 11.8. The molecule has 19 heavy (non-hydrogen) atoms. The lowest BCUT2D eigenvalue weighted by atomic mass is 9.95. The monoisotopic (exact) mass is 257 g/mol. The summed E-state index contributed by atoms with van der Waals surface area (Å²) in [7, 11) is 0. The highest BCUT2D eigenvalue weighted by Gasteiger charge is 2.13. The molecule has 2 aromatic rings. The van der Waals surface area contributed by atoms with Crippen molar-refractivity contribution in [2.45, 2.75) is 25.8 Å². The van der Waals surface area contributed by atoms with Gasteiger partial charge >= 0.3 is 0 Å². The van der Waals surface area contributed by atoms with Gasteiger partial charge in [0, 0.05) is 11.9 Å². The molecule has 4 nitrogen and oxygen atoms in total. The van der Waals surface area contributed by atoms with Gasteiger partial charge in [0.2, 0.25) is 5.43 Å². The van der Waals surface area contributed by atoms with Crippen LogP contribution in [0.2, 0.25) is 0 Å². The van der Waals surface area contributed by atoms with E-state index < -0.39 is 0 Å². The highest BCUT2D eigenvalue weighted by molar-refractivity contribution is 5.77. The average molecular weight is 257 g/mol. The van der Waals surface area contributed by atoms with E-state index in [-0.39, 0.29) is 5.43 Å². The molecule has 0 atom stereocenters. The Morgan fingerprint density at radius 2 is 2.05 bits per heavy atom. The molecule has 1 aromatic heterocycles. The van der Waals surface area contributed by atoms with Gasteiger partial charge in [0.25, 0.3) is 0 Å². The van der Waals surface area contributed by atoms with Crippen molar-refractivity contribution < 1.29 is 0 Å². The number of nitrogens with one attached hydrogen (secondary N) is 1. The van der Waals surface area contributed by atoms with Crippen molar-refractivity contribution in [1.82, 2.24) is 15.1 Å². The molecule has 2 heterocycles. The molecule has 3 rings (SSSR count). The number of hydrogen-bond donors (Lipinski definition) is 1. The zero-order valence-corrected chi connectivity index (χ0v) is 11.0. The first-order chi connectivity index (χ1) is 9.34. The molecule has 0 unspecified atom stereocenters. The van der Waals surface area contributed by atoms with Gasteiger partial charge in [-0.05, 0) is 50.4 Å². The number of aromatic nitrogens is 2. The lowest BCUT2D eigenvalue weighted by Crippen LogP contribution is -2.28. The van der Waals surface area contributed by atoms with E-state index >= 15 is 0 Å². The molecule has 1 aliphatic heterocycles. The van der Waals surface area contributed by atoms with Crippen LogP contribution in [0, 0.1) is 5.92 Å². The van der Waals surface area contributed by atoms with Crippen LogP contribution in [0.15, 0.2) is 35.3 Å². The molecule has 4 heteroatoms. The molecule has 0 radical (unpaired) electrons. The second-order valence-corrected chi connectivity index (χ2v) is 5.23. The molecular formula is C15H19N3O. The Bertz CT molecular complexity index is 614. The van der Waals surface area contributed by atoms with Gasteiger partial charge in [-0.15, -0.1) is 0 Å². The minimum Gasteiger partial charge on any atom is -0.317 e. The Labute approximate surface area is 112 Å². The Hall–Kier alpha value is -1.68. The molecule has 0 spiro atoms. The molecule has 100 valence electrons. The summed E-state index contributed by atoms with van der Waals surface area (Å²) < 4.78 is 1.97. The van der Waals surface area contributed by atoms with Gasteiger partial charge in [-0.3, -0.25) is 9.48 Å². The van der Waals surface area contributed by atoms with Gasteiger partial charge in [-0.1, -0.05) is 12.1 Å². The highest BCUT2D eigenvalue weighted by atomic mass is 16.1. The molecular weight excluding hydrogens is 238 g/mol. The molecule has 1 N–H and O–H groups in total. The molecule has 0 bridgehead atoms. The van der Waals surface area contributed by atoms with Gasteiger partial charge in [0.1, 0.15) is 0 Å². The van der Waals surface area contributed by atoms with Crippen molar-refractivity contribution in [2.24, 2.45) is 5.92 Å². The van der Waals surface area contributed by atoms with E-state index in [1.54, 1.807) is 0 Å². The third-order valence-electron chi connectivity index (χ3n) is 3.97. The Morgan fingerprint density at radius 3 is 2.89 bits per heavy atom. The number of rotatable bonds is 3. The summed E-state index contributed by atoms with van der Waals surface area (Å²) in [6, 6.07) is 7.72. The van der Waals surface area contributed by atoms with E-state index in [1.165, 1.54) is 19.0 Å². The second kappa shape index (κ2) is 5.53. The molecule has 0 amide bonds. The maximum absolute atomic E-state index is 11.8. The zero-order valence-electron chi connectivity index (χ0n) is 11.0. The third kappa shape index (κ3) is 2.68. The van der Waals surface area contributed by atoms with Gasteiger partial charge < -0.3 is 5.32 Å². The number of benzene rings is 1. The minimum absolute atomic E-state index is 0.00807. The van der Waals surface area contributed by atoms with Crippen molar-refractivity contribution in [3.63, 3.8) is 0 Å². The number of hydrogen-bond acceptors (Lipinski definition) is 3. The summed E-state index contributed by atoms with van der Waals surface area (Å²) in [5, 5.41) is 8.43.